The van der Waals surface area contributed by atoms with E-state index in [1.807, 2.05) is 27.2 Å². The second kappa shape index (κ2) is 59.3. The van der Waals surface area contributed by atoms with Crippen molar-refractivity contribution in [3.05, 3.63) is 36.5 Å². The predicted molar refractivity (Wildman–Crippen MR) is 337 cm³/mol. The van der Waals surface area contributed by atoms with E-state index in [9.17, 15) is 19.4 Å². The molecular formula is C68H134N2O6P+. The van der Waals surface area contributed by atoms with Gasteiger partial charge in [-0.3, -0.25) is 13.8 Å². The predicted octanol–water partition coefficient (Wildman–Crippen LogP) is 21.3. The molecule has 0 rings (SSSR count). The normalized spacial score (nSPS) is 13.9. The Labute approximate surface area is 480 Å². The molecule has 0 aliphatic heterocycles. The fourth-order valence-electron chi connectivity index (χ4n) is 10.3. The molecule has 0 bridgehead atoms. The van der Waals surface area contributed by atoms with Gasteiger partial charge >= 0.3 is 7.82 Å². The Morgan fingerprint density at radius 2 is 0.714 bits per heavy atom. The molecule has 9 heteroatoms. The van der Waals surface area contributed by atoms with E-state index >= 15 is 0 Å². The van der Waals surface area contributed by atoms with Crippen molar-refractivity contribution in [2.24, 2.45) is 0 Å². The molecule has 77 heavy (non-hydrogen) atoms. The van der Waals surface area contributed by atoms with E-state index in [0.717, 1.165) is 44.9 Å². The molecule has 8 nitrogen and oxygen atoms in total. The van der Waals surface area contributed by atoms with Crippen molar-refractivity contribution in [2.45, 2.75) is 353 Å². The summed E-state index contributed by atoms with van der Waals surface area (Å²) < 4.78 is 23.8. The Balaban J connectivity index is 4.14. The van der Waals surface area contributed by atoms with E-state index in [-0.39, 0.29) is 19.1 Å². The lowest BCUT2D eigenvalue weighted by Gasteiger charge is -2.25. The van der Waals surface area contributed by atoms with Gasteiger partial charge in [0.1, 0.15) is 13.2 Å². The number of phosphoric ester groups is 1. The summed E-state index contributed by atoms with van der Waals surface area (Å²) in [6.07, 6.45) is 78.7. The topological polar surface area (TPSA) is 105 Å². The summed E-state index contributed by atoms with van der Waals surface area (Å²) in [6.45, 7) is 4.85. The lowest BCUT2D eigenvalue weighted by Crippen LogP contribution is -2.45. The number of unbranched alkanes of at least 4 members (excludes halogenated alkanes) is 46. The lowest BCUT2D eigenvalue weighted by molar-refractivity contribution is -0.870. The van der Waals surface area contributed by atoms with Crippen LogP contribution in [0.3, 0.4) is 0 Å². The molecule has 0 aliphatic rings. The van der Waals surface area contributed by atoms with Crippen molar-refractivity contribution in [1.82, 2.24) is 5.32 Å². The standard InChI is InChI=1S/C68H133N2O6P/c1-6-8-10-12-14-16-18-20-22-24-26-28-30-32-33-34-35-36-38-39-41-43-45-47-49-51-53-55-57-59-61-67(71)66(65-76-77(73,74)75-64-63-70(3,4)5)69-68(72)62-60-58-56-54-52-50-48-46-44-42-40-37-31-29-27-25-23-21-19-17-15-13-11-9-7-2/h43,45,51,53,59,61,66-67,71H,6-42,44,46-50,52,54-58,60,62-65H2,1-5H3,(H-,69,72,73,74)/p+1/b45-43+,53-51+,61-59+. The molecule has 0 radical (unpaired) electrons. The first-order valence-electron chi connectivity index (χ1n) is 33.9. The van der Waals surface area contributed by atoms with Crippen LogP contribution in [0.15, 0.2) is 36.5 Å². The quantitative estimate of drug-likeness (QED) is 0.0243. The number of carbonyl (C=O) groups excluding carboxylic acids is 1. The minimum absolute atomic E-state index is 0.0554. The molecule has 0 aromatic rings. The molecule has 0 saturated carbocycles. The van der Waals surface area contributed by atoms with Crippen LogP contribution in [0.2, 0.25) is 0 Å². The third-order valence-electron chi connectivity index (χ3n) is 15.6. The molecule has 0 heterocycles. The van der Waals surface area contributed by atoms with Crippen LogP contribution in [0.25, 0.3) is 0 Å². The molecule has 0 spiro atoms. The van der Waals surface area contributed by atoms with Crippen LogP contribution < -0.4 is 5.32 Å². The monoisotopic (exact) mass is 1110 g/mol. The first kappa shape index (κ1) is 75.7. The van der Waals surface area contributed by atoms with E-state index < -0.39 is 20.0 Å². The average Bonchev–Trinajstić information content (AvgIpc) is 3.39. The summed E-state index contributed by atoms with van der Waals surface area (Å²) in [7, 11) is 1.56. The van der Waals surface area contributed by atoms with E-state index in [4.69, 9.17) is 9.05 Å². The third kappa shape index (κ3) is 62.2. The number of nitrogens with one attached hydrogen (secondary N) is 1. The maximum absolute atomic E-state index is 13.0. The van der Waals surface area contributed by atoms with E-state index in [0.29, 0.717) is 17.4 Å². The fraction of sp³-hybridized carbons (Fsp3) is 0.897. The average molecular weight is 1110 g/mol. The van der Waals surface area contributed by atoms with Gasteiger partial charge in [-0.15, -0.1) is 0 Å². The molecule has 0 fully saturated rings. The molecule has 1 amide bonds. The number of aliphatic hydroxyl groups excluding tert-OH is 1. The van der Waals surface area contributed by atoms with Gasteiger partial charge in [-0.25, -0.2) is 4.57 Å². The Hall–Kier alpha value is -1.28. The third-order valence-corrected chi connectivity index (χ3v) is 16.6. The van der Waals surface area contributed by atoms with Crippen LogP contribution in [0.4, 0.5) is 0 Å². The zero-order chi connectivity index (χ0) is 56.3. The lowest BCUT2D eigenvalue weighted by atomic mass is 10.0. The van der Waals surface area contributed by atoms with Crippen LogP contribution in [0.1, 0.15) is 341 Å². The van der Waals surface area contributed by atoms with Gasteiger partial charge in [0.15, 0.2) is 0 Å². The maximum atomic E-state index is 13.0. The van der Waals surface area contributed by atoms with Gasteiger partial charge in [0, 0.05) is 6.42 Å². The highest BCUT2D eigenvalue weighted by Crippen LogP contribution is 2.43. The SMILES string of the molecule is CCCCCCCCCCCCCCCCCCCCCC/C=C/CC/C=C/CC/C=C/C(O)C(COP(=O)(O)OCC[N+](C)(C)C)NC(=O)CCCCCCCCCCCCCCCCCCCCCCCCCCC. The molecular weight excluding hydrogens is 972 g/mol. The first-order valence-corrected chi connectivity index (χ1v) is 35.4. The molecule has 0 aliphatic carbocycles. The Kier molecular flexibility index (Phi) is 58.4. The van der Waals surface area contributed by atoms with Crippen molar-refractivity contribution in [3.8, 4) is 0 Å². The highest BCUT2D eigenvalue weighted by molar-refractivity contribution is 7.47. The summed E-state index contributed by atoms with van der Waals surface area (Å²) in [5.41, 5.74) is 0. The Morgan fingerprint density at radius 3 is 1.04 bits per heavy atom. The summed E-state index contributed by atoms with van der Waals surface area (Å²) in [4.78, 5) is 23.4. The number of hydrogen-bond acceptors (Lipinski definition) is 5. The second-order valence-electron chi connectivity index (χ2n) is 24.5. The van der Waals surface area contributed by atoms with Gasteiger partial charge in [-0.2, -0.15) is 0 Å². The van der Waals surface area contributed by atoms with Gasteiger partial charge in [0.2, 0.25) is 5.91 Å². The van der Waals surface area contributed by atoms with Crippen LogP contribution in [-0.4, -0.2) is 73.4 Å². The smallest absolute Gasteiger partial charge is 0.387 e. The second-order valence-corrected chi connectivity index (χ2v) is 26.0. The zero-order valence-electron chi connectivity index (χ0n) is 52.2. The first-order chi connectivity index (χ1) is 37.5. The van der Waals surface area contributed by atoms with Crippen molar-refractivity contribution in [3.63, 3.8) is 0 Å². The molecule has 0 aromatic carbocycles. The number of phosphoric acid groups is 1. The highest BCUT2D eigenvalue weighted by Gasteiger charge is 2.28. The van der Waals surface area contributed by atoms with E-state index in [1.54, 1.807) is 6.08 Å². The number of hydrogen-bond donors (Lipinski definition) is 3. The number of quaternary nitrogens is 1. The fourth-order valence-corrected chi connectivity index (χ4v) is 11.1. The Bertz CT molecular complexity index is 1350. The van der Waals surface area contributed by atoms with Crippen molar-refractivity contribution < 1.29 is 32.9 Å². The maximum Gasteiger partial charge on any atom is 0.472 e. The van der Waals surface area contributed by atoms with Gasteiger partial charge in [-0.05, 0) is 44.9 Å². The van der Waals surface area contributed by atoms with Gasteiger partial charge in [0.05, 0.1) is 39.9 Å². The van der Waals surface area contributed by atoms with Crippen LogP contribution >= 0.6 is 7.82 Å². The number of allylic oxidation sites excluding steroid dienone is 5. The number of carbonyl (C=O) groups is 1. The summed E-state index contributed by atoms with van der Waals surface area (Å²) in [5, 5.41) is 14.0. The van der Waals surface area contributed by atoms with Crippen LogP contribution in [0, 0.1) is 0 Å². The number of rotatable bonds is 63. The molecule has 0 aromatic heterocycles. The molecule has 0 saturated heterocycles. The number of aliphatic hydroxyl groups is 1. The summed E-state index contributed by atoms with van der Waals surface area (Å²) in [6, 6.07) is -0.869. The molecule has 3 atom stereocenters. The summed E-state index contributed by atoms with van der Waals surface area (Å²) >= 11 is 0. The van der Waals surface area contributed by atoms with Crippen molar-refractivity contribution >= 4 is 13.7 Å². The zero-order valence-corrected chi connectivity index (χ0v) is 53.1. The number of amides is 1. The van der Waals surface area contributed by atoms with Gasteiger partial charge in [0.25, 0.3) is 0 Å². The largest absolute Gasteiger partial charge is 0.472 e. The molecule has 3 N–H and O–H groups in total. The van der Waals surface area contributed by atoms with Crippen molar-refractivity contribution in [2.75, 3.05) is 40.9 Å². The number of likely N-dealkylation sites (N-methyl/N-ethyl adjacent to an activating group) is 1. The molecule has 456 valence electrons. The van der Waals surface area contributed by atoms with Crippen molar-refractivity contribution in [1.29, 1.82) is 0 Å². The van der Waals surface area contributed by atoms with Gasteiger partial charge < -0.3 is 19.8 Å². The minimum Gasteiger partial charge on any atom is -0.387 e. The minimum atomic E-state index is -4.36. The highest BCUT2D eigenvalue weighted by atomic mass is 31.2. The summed E-state index contributed by atoms with van der Waals surface area (Å²) in [5.74, 6) is -0.184. The van der Waals surface area contributed by atoms with Gasteiger partial charge in [-0.1, -0.05) is 326 Å². The van der Waals surface area contributed by atoms with E-state index in [2.05, 4.69) is 43.5 Å². The molecule has 3 unspecified atom stereocenters. The van der Waals surface area contributed by atoms with Crippen LogP contribution in [0.5, 0.6) is 0 Å². The Morgan fingerprint density at radius 1 is 0.429 bits per heavy atom. The van der Waals surface area contributed by atoms with E-state index in [1.165, 1.54) is 276 Å². The number of nitrogens with zero attached hydrogens (tertiary/aromatic N) is 1. The van der Waals surface area contributed by atoms with Crippen LogP contribution in [-0.2, 0) is 18.4 Å².